The highest BCUT2D eigenvalue weighted by Crippen LogP contribution is 2.48. The molecule has 2 saturated heterocycles. The molecule has 2 aliphatic rings. The molecule has 8 heteroatoms. The highest BCUT2D eigenvalue weighted by atomic mass is 16.5. The zero-order chi connectivity index (χ0) is 18.1. The van der Waals surface area contributed by atoms with Crippen LogP contribution in [0.1, 0.15) is 29.7 Å². The minimum atomic E-state index is 0.282. The summed E-state index contributed by atoms with van der Waals surface area (Å²) in [5.74, 6) is 2.30. The fraction of sp³-hybridized carbons (Fsp3) is 0.722. The first kappa shape index (κ1) is 17.6. The molecule has 2 fully saturated rings. The molecule has 0 aliphatic carbocycles. The third-order valence-corrected chi connectivity index (χ3v) is 5.73. The Morgan fingerprint density at radius 3 is 2.92 bits per heavy atom. The minimum Gasteiger partial charge on any atom is -0.385 e. The highest BCUT2D eigenvalue weighted by molar-refractivity contribution is 5.17. The summed E-state index contributed by atoms with van der Waals surface area (Å²) in [6, 6.07) is 2.13. The van der Waals surface area contributed by atoms with E-state index in [1.54, 1.807) is 7.11 Å². The Morgan fingerprint density at radius 2 is 2.19 bits per heavy atom. The Kier molecular flexibility index (Phi) is 4.81. The van der Waals surface area contributed by atoms with Gasteiger partial charge in [-0.15, -0.1) is 0 Å². The van der Waals surface area contributed by atoms with Crippen molar-refractivity contribution in [1.82, 2.24) is 34.8 Å². The van der Waals surface area contributed by atoms with E-state index in [9.17, 15) is 0 Å². The van der Waals surface area contributed by atoms with Crippen LogP contribution in [0.2, 0.25) is 0 Å². The third-order valence-electron chi connectivity index (χ3n) is 5.73. The summed E-state index contributed by atoms with van der Waals surface area (Å²) in [6.07, 6.45) is 2.90. The number of likely N-dealkylation sites (N-methyl/N-ethyl adjacent to an activating group) is 1. The summed E-state index contributed by atoms with van der Waals surface area (Å²) in [4.78, 5) is 9.57. The molecule has 4 rings (SSSR count). The number of aromatic amines is 1. The molecule has 0 bridgehead atoms. The van der Waals surface area contributed by atoms with Crippen LogP contribution in [0.5, 0.6) is 0 Å². The second-order valence-electron chi connectivity index (χ2n) is 7.93. The van der Waals surface area contributed by atoms with Gasteiger partial charge in [-0.2, -0.15) is 10.2 Å². The summed E-state index contributed by atoms with van der Waals surface area (Å²) in [5.41, 5.74) is 1.57. The quantitative estimate of drug-likeness (QED) is 0.740. The van der Waals surface area contributed by atoms with E-state index in [0.717, 1.165) is 63.9 Å². The Morgan fingerprint density at radius 1 is 1.35 bits per heavy atom. The molecule has 8 nitrogen and oxygen atoms in total. The van der Waals surface area contributed by atoms with Gasteiger partial charge in [-0.05, 0) is 26.5 Å². The molecule has 1 atom stereocenters. The third kappa shape index (κ3) is 3.28. The zero-order valence-electron chi connectivity index (χ0n) is 16.0. The smallest absolute Gasteiger partial charge is 0.155 e. The van der Waals surface area contributed by atoms with Crippen LogP contribution in [-0.2, 0) is 17.8 Å². The van der Waals surface area contributed by atoms with Crippen LogP contribution in [-0.4, -0.2) is 81.7 Å². The molecule has 1 N–H and O–H groups in total. The van der Waals surface area contributed by atoms with E-state index in [2.05, 4.69) is 47.9 Å². The number of methoxy groups -OCH3 is 1. The SMILES string of the molecule is COCCCn1nccc1CN1CC2(CN(C)CC2c2n[nH]c(C)n2)C1. The topological polar surface area (TPSA) is 75.1 Å². The maximum atomic E-state index is 5.15. The van der Waals surface area contributed by atoms with Crippen LogP contribution in [0.3, 0.4) is 0 Å². The number of H-pyrrole nitrogens is 1. The minimum absolute atomic E-state index is 0.282. The maximum absolute atomic E-state index is 5.15. The van der Waals surface area contributed by atoms with Gasteiger partial charge in [-0.3, -0.25) is 14.7 Å². The van der Waals surface area contributed by atoms with E-state index in [1.807, 2.05) is 13.1 Å². The van der Waals surface area contributed by atoms with Crippen molar-refractivity contribution < 1.29 is 4.74 Å². The van der Waals surface area contributed by atoms with Crippen molar-refractivity contribution in [3.63, 3.8) is 0 Å². The molecule has 0 saturated carbocycles. The van der Waals surface area contributed by atoms with Crippen molar-refractivity contribution in [2.75, 3.05) is 46.9 Å². The van der Waals surface area contributed by atoms with Crippen LogP contribution < -0.4 is 0 Å². The van der Waals surface area contributed by atoms with E-state index in [1.165, 1.54) is 5.69 Å². The lowest BCUT2D eigenvalue weighted by molar-refractivity contribution is -0.0111. The van der Waals surface area contributed by atoms with E-state index in [0.29, 0.717) is 5.92 Å². The summed E-state index contributed by atoms with van der Waals surface area (Å²) in [7, 11) is 3.95. The monoisotopic (exact) mass is 359 g/mol. The Hall–Kier alpha value is -1.77. The maximum Gasteiger partial charge on any atom is 0.155 e. The van der Waals surface area contributed by atoms with Gasteiger partial charge in [0.1, 0.15) is 5.82 Å². The molecule has 0 amide bonds. The van der Waals surface area contributed by atoms with E-state index in [4.69, 9.17) is 4.74 Å². The number of hydrogen-bond donors (Lipinski definition) is 1. The number of ether oxygens (including phenoxy) is 1. The van der Waals surface area contributed by atoms with Gasteiger partial charge in [0.25, 0.3) is 0 Å². The molecule has 0 aromatic carbocycles. The molecule has 142 valence electrons. The van der Waals surface area contributed by atoms with Crippen molar-refractivity contribution in [3.8, 4) is 0 Å². The van der Waals surface area contributed by atoms with Crippen LogP contribution in [0, 0.1) is 12.3 Å². The van der Waals surface area contributed by atoms with Gasteiger partial charge in [0.05, 0.1) is 5.69 Å². The van der Waals surface area contributed by atoms with Gasteiger partial charge < -0.3 is 9.64 Å². The number of aryl methyl sites for hydroxylation is 2. The fourth-order valence-electron chi connectivity index (χ4n) is 4.65. The number of hydrogen-bond acceptors (Lipinski definition) is 6. The lowest BCUT2D eigenvalue weighted by atomic mass is 9.71. The van der Waals surface area contributed by atoms with Crippen molar-refractivity contribution in [3.05, 3.63) is 29.6 Å². The lowest BCUT2D eigenvalue weighted by Crippen LogP contribution is -2.59. The number of nitrogens with zero attached hydrogens (tertiary/aromatic N) is 6. The summed E-state index contributed by atoms with van der Waals surface area (Å²) in [5, 5.41) is 11.9. The number of rotatable bonds is 7. The van der Waals surface area contributed by atoms with Crippen LogP contribution in [0.15, 0.2) is 12.3 Å². The largest absolute Gasteiger partial charge is 0.385 e. The van der Waals surface area contributed by atoms with Crippen molar-refractivity contribution in [2.24, 2.45) is 5.41 Å². The summed E-state index contributed by atoms with van der Waals surface area (Å²) >= 11 is 0. The van der Waals surface area contributed by atoms with Crippen molar-refractivity contribution >= 4 is 0 Å². The fourth-order valence-corrected chi connectivity index (χ4v) is 4.65. The molecular weight excluding hydrogens is 330 g/mol. The number of likely N-dealkylation sites (tertiary alicyclic amines) is 2. The predicted octanol–water partition coefficient (Wildman–Crippen LogP) is 0.877. The molecule has 2 aliphatic heterocycles. The highest BCUT2D eigenvalue weighted by Gasteiger charge is 2.55. The molecule has 0 radical (unpaired) electrons. The standard InChI is InChI=1S/C18H29N7O/c1-14-20-17(22-21-14)16-10-23(2)11-18(16)12-24(13-18)9-15-5-6-19-25(15)7-4-8-26-3/h5-6,16H,4,7-13H2,1-3H3,(H,20,21,22). The van der Waals surface area contributed by atoms with Gasteiger partial charge in [0, 0.05) is 70.5 Å². The second-order valence-corrected chi connectivity index (χ2v) is 7.93. The van der Waals surface area contributed by atoms with Crippen LogP contribution >= 0.6 is 0 Å². The van der Waals surface area contributed by atoms with Crippen LogP contribution in [0.25, 0.3) is 0 Å². The molecule has 26 heavy (non-hydrogen) atoms. The van der Waals surface area contributed by atoms with Gasteiger partial charge in [-0.25, -0.2) is 4.98 Å². The molecule has 1 spiro atoms. The molecule has 1 unspecified atom stereocenters. The van der Waals surface area contributed by atoms with E-state index >= 15 is 0 Å². The zero-order valence-corrected chi connectivity index (χ0v) is 16.0. The summed E-state index contributed by atoms with van der Waals surface area (Å²) in [6.45, 7) is 8.97. The molecule has 2 aromatic heterocycles. The molecule has 4 heterocycles. The van der Waals surface area contributed by atoms with Gasteiger partial charge in [0.15, 0.2) is 5.82 Å². The first-order chi connectivity index (χ1) is 12.6. The van der Waals surface area contributed by atoms with Crippen LogP contribution in [0.4, 0.5) is 0 Å². The second kappa shape index (κ2) is 7.09. The lowest BCUT2D eigenvalue weighted by Gasteiger charge is -2.50. The average Bonchev–Trinajstić information content (AvgIpc) is 3.27. The molecular formula is C18H29N7O. The number of aromatic nitrogens is 5. The van der Waals surface area contributed by atoms with E-state index in [-0.39, 0.29) is 5.41 Å². The van der Waals surface area contributed by atoms with E-state index < -0.39 is 0 Å². The van der Waals surface area contributed by atoms with Gasteiger partial charge in [0.2, 0.25) is 0 Å². The Balaban J connectivity index is 1.39. The van der Waals surface area contributed by atoms with Gasteiger partial charge in [-0.1, -0.05) is 0 Å². The average molecular weight is 359 g/mol. The van der Waals surface area contributed by atoms with Crippen molar-refractivity contribution in [2.45, 2.75) is 32.4 Å². The van der Waals surface area contributed by atoms with Crippen molar-refractivity contribution in [1.29, 1.82) is 0 Å². The first-order valence-corrected chi connectivity index (χ1v) is 9.39. The summed E-state index contributed by atoms with van der Waals surface area (Å²) < 4.78 is 7.26. The van der Waals surface area contributed by atoms with Gasteiger partial charge >= 0.3 is 0 Å². The number of nitrogens with one attached hydrogen (secondary N) is 1. The Labute approximate surface area is 154 Å². The predicted molar refractivity (Wildman–Crippen MR) is 97.8 cm³/mol. The first-order valence-electron chi connectivity index (χ1n) is 9.39. The molecule has 2 aromatic rings. The Bertz CT molecular complexity index is 733. The normalized spacial score (nSPS) is 23.0.